The number of hydrogen-bond acceptors (Lipinski definition) is 8. The number of aliphatic hydroxyl groups is 2. The summed E-state index contributed by atoms with van der Waals surface area (Å²) in [6.45, 7) is -1.62. The maximum absolute atomic E-state index is 13.1. The monoisotopic (exact) mass is 492 g/mol. The number of aromatic amines is 1. The van der Waals surface area contributed by atoms with Gasteiger partial charge in [-0.15, -0.1) is 0 Å². The van der Waals surface area contributed by atoms with Crippen molar-refractivity contribution in [2.24, 2.45) is 11.5 Å². The maximum Gasteiger partial charge on any atom is 0.328 e. The molecule has 0 aliphatic rings. The Balaban J connectivity index is 2.29. The lowest BCUT2D eigenvalue weighted by Gasteiger charge is -2.24. The highest BCUT2D eigenvalue weighted by molar-refractivity contribution is 5.96. The first-order chi connectivity index (χ1) is 16.6. The van der Waals surface area contributed by atoms with Gasteiger partial charge in [-0.05, 0) is 11.6 Å². The van der Waals surface area contributed by atoms with Gasteiger partial charge in [-0.3, -0.25) is 19.2 Å². The summed E-state index contributed by atoms with van der Waals surface area (Å²) in [7, 11) is 0. The van der Waals surface area contributed by atoms with Gasteiger partial charge < -0.3 is 47.7 Å². The second-order valence-corrected chi connectivity index (χ2v) is 7.73. The number of H-pyrrole nitrogens is 1. The Labute approximate surface area is 199 Å². The van der Waals surface area contributed by atoms with Gasteiger partial charge in [0.2, 0.25) is 23.6 Å². The van der Waals surface area contributed by atoms with Gasteiger partial charge in [-0.1, -0.05) is 18.2 Å². The number of benzene rings is 1. The number of carboxylic acids is 1. The number of nitrogens with one attached hydrogen (secondary N) is 4. The lowest BCUT2D eigenvalue weighted by molar-refractivity contribution is -0.143. The van der Waals surface area contributed by atoms with Crippen LogP contribution in [0.5, 0.6) is 0 Å². The number of carbonyl (C=O) groups is 5. The number of aromatic nitrogens is 1. The van der Waals surface area contributed by atoms with Crippen molar-refractivity contribution in [1.82, 2.24) is 20.9 Å². The summed E-state index contributed by atoms with van der Waals surface area (Å²) in [5.41, 5.74) is 12.1. The first-order valence-corrected chi connectivity index (χ1v) is 10.5. The third-order valence-corrected chi connectivity index (χ3v) is 5.10. The number of aliphatic hydroxyl groups excluding tert-OH is 2. The summed E-state index contributed by atoms with van der Waals surface area (Å²) in [6.07, 6.45) is 0.896. The summed E-state index contributed by atoms with van der Waals surface area (Å²) >= 11 is 0. The molecule has 14 nitrogen and oxygen atoms in total. The van der Waals surface area contributed by atoms with Crippen LogP contribution in [-0.4, -0.2) is 87.3 Å². The molecule has 1 aromatic heterocycles. The highest BCUT2D eigenvalue weighted by Crippen LogP contribution is 2.19. The van der Waals surface area contributed by atoms with E-state index in [9.17, 15) is 24.0 Å². The summed E-state index contributed by atoms with van der Waals surface area (Å²) in [5, 5.41) is 34.8. The van der Waals surface area contributed by atoms with Gasteiger partial charge in [-0.2, -0.15) is 0 Å². The van der Waals surface area contributed by atoms with Gasteiger partial charge in [-0.25, -0.2) is 4.79 Å². The maximum atomic E-state index is 13.1. The lowest BCUT2D eigenvalue weighted by Crippen LogP contribution is -2.58. The van der Waals surface area contributed by atoms with E-state index in [1.165, 1.54) is 0 Å². The fourth-order valence-corrected chi connectivity index (χ4v) is 3.23. The van der Waals surface area contributed by atoms with E-state index in [-0.39, 0.29) is 6.42 Å². The van der Waals surface area contributed by atoms with Crippen LogP contribution in [0.1, 0.15) is 12.0 Å². The van der Waals surface area contributed by atoms with E-state index >= 15 is 0 Å². The molecule has 0 saturated carbocycles. The van der Waals surface area contributed by atoms with Crippen molar-refractivity contribution in [3.05, 3.63) is 36.0 Å². The molecule has 4 amide bonds. The molecule has 2 rings (SSSR count). The molecule has 0 fully saturated rings. The SMILES string of the molecule is NC(=O)CC(NC(=O)C(Cc1c[nH]c2ccccc12)NC(=O)C(N)CO)C(=O)NC(CO)C(=O)O. The van der Waals surface area contributed by atoms with Crippen LogP contribution in [0.4, 0.5) is 0 Å². The molecule has 0 aliphatic carbocycles. The van der Waals surface area contributed by atoms with E-state index in [1.807, 2.05) is 5.32 Å². The quantitative estimate of drug-likeness (QED) is 0.134. The zero-order valence-corrected chi connectivity index (χ0v) is 18.6. The molecule has 0 saturated heterocycles. The van der Waals surface area contributed by atoms with Crippen LogP contribution < -0.4 is 27.4 Å². The molecule has 4 unspecified atom stereocenters. The molecule has 0 spiro atoms. The third-order valence-electron chi connectivity index (χ3n) is 5.10. The molecule has 0 aliphatic heterocycles. The van der Waals surface area contributed by atoms with E-state index in [0.717, 1.165) is 10.9 Å². The minimum atomic E-state index is -1.68. The second-order valence-electron chi connectivity index (χ2n) is 7.73. The number of carbonyl (C=O) groups excluding carboxylic acids is 4. The smallest absolute Gasteiger partial charge is 0.328 e. The number of hydrogen-bond donors (Lipinski definition) is 9. The summed E-state index contributed by atoms with van der Waals surface area (Å²) in [6, 6.07) is 1.29. The second kappa shape index (κ2) is 12.5. The molecule has 4 atom stereocenters. The summed E-state index contributed by atoms with van der Waals surface area (Å²) in [4.78, 5) is 63.5. The van der Waals surface area contributed by atoms with Crippen molar-refractivity contribution in [3.8, 4) is 0 Å². The van der Waals surface area contributed by atoms with Gasteiger partial charge in [0.05, 0.1) is 19.6 Å². The molecule has 2 aromatic rings. The van der Waals surface area contributed by atoms with Crippen molar-refractivity contribution >= 4 is 40.5 Å². The zero-order valence-electron chi connectivity index (χ0n) is 18.6. The average Bonchev–Trinajstić information content (AvgIpc) is 3.23. The molecule has 11 N–H and O–H groups in total. The van der Waals surface area contributed by atoms with Gasteiger partial charge in [0.1, 0.15) is 24.2 Å². The number of carboxylic acid groups (broad SMARTS) is 1. The Morgan fingerprint density at radius 1 is 0.886 bits per heavy atom. The summed E-state index contributed by atoms with van der Waals surface area (Å²) < 4.78 is 0. The Morgan fingerprint density at radius 2 is 1.49 bits per heavy atom. The predicted octanol–water partition coefficient (Wildman–Crippen LogP) is -3.56. The van der Waals surface area contributed by atoms with Crippen LogP contribution in [-0.2, 0) is 30.4 Å². The van der Waals surface area contributed by atoms with E-state index in [4.69, 9.17) is 26.8 Å². The van der Waals surface area contributed by atoms with E-state index in [2.05, 4.69) is 15.6 Å². The van der Waals surface area contributed by atoms with E-state index in [1.54, 1.807) is 30.5 Å². The van der Waals surface area contributed by atoms with Crippen LogP contribution in [0.2, 0.25) is 0 Å². The molecule has 14 heteroatoms. The van der Waals surface area contributed by atoms with Gasteiger partial charge in [0.15, 0.2) is 0 Å². The number of fused-ring (bicyclic) bond motifs is 1. The first-order valence-electron chi connectivity index (χ1n) is 10.5. The largest absolute Gasteiger partial charge is 0.480 e. The molecule has 1 heterocycles. The highest BCUT2D eigenvalue weighted by atomic mass is 16.4. The van der Waals surface area contributed by atoms with Crippen LogP contribution in [0.3, 0.4) is 0 Å². The van der Waals surface area contributed by atoms with Gasteiger partial charge in [0.25, 0.3) is 0 Å². The number of nitrogens with two attached hydrogens (primary N) is 2. The fraction of sp³-hybridized carbons (Fsp3) is 0.381. The molecule has 190 valence electrons. The van der Waals surface area contributed by atoms with Crippen LogP contribution in [0.25, 0.3) is 10.9 Å². The van der Waals surface area contributed by atoms with E-state index in [0.29, 0.717) is 5.56 Å². The van der Waals surface area contributed by atoms with Gasteiger partial charge >= 0.3 is 5.97 Å². The molecular weight excluding hydrogens is 464 g/mol. The van der Waals surface area contributed by atoms with Gasteiger partial charge in [0, 0.05) is 23.5 Å². The lowest BCUT2D eigenvalue weighted by atomic mass is 10.0. The van der Waals surface area contributed by atoms with Crippen molar-refractivity contribution in [2.75, 3.05) is 13.2 Å². The number of amides is 4. The van der Waals surface area contributed by atoms with Crippen LogP contribution >= 0.6 is 0 Å². The number of primary amides is 1. The molecule has 0 radical (unpaired) electrons. The van der Waals surface area contributed by atoms with Crippen molar-refractivity contribution in [3.63, 3.8) is 0 Å². The van der Waals surface area contributed by atoms with E-state index < -0.39 is 73.4 Å². The van der Waals surface area contributed by atoms with Crippen LogP contribution in [0, 0.1) is 0 Å². The Bertz CT molecular complexity index is 1090. The normalized spacial score (nSPS) is 14.4. The number of aliphatic carboxylic acids is 1. The van der Waals surface area contributed by atoms with Crippen molar-refractivity contribution in [1.29, 1.82) is 0 Å². The van der Waals surface area contributed by atoms with Crippen molar-refractivity contribution < 1.29 is 39.3 Å². The number of para-hydroxylation sites is 1. The minimum Gasteiger partial charge on any atom is -0.480 e. The van der Waals surface area contributed by atoms with Crippen molar-refractivity contribution in [2.45, 2.75) is 37.0 Å². The molecule has 1 aromatic carbocycles. The topological polar surface area (TPSA) is 250 Å². The first kappa shape index (κ1) is 27.2. The predicted molar refractivity (Wildman–Crippen MR) is 121 cm³/mol. The number of rotatable bonds is 13. The highest BCUT2D eigenvalue weighted by Gasteiger charge is 2.31. The standard InChI is InChI=1S/C21H28N6O8/c22-12(8-28)18(31)25-14(5-10-7-24-13-4-2-1-3-11(10)13)19(32)26-15(6-17(23)30)20(33)27-16(9-29)21(34)35/h1-4,7,12,14-16,24,28-29H,5-6,8-9,22H2,(H2,23,30)(H,25,31)(H,26,32)(H,27,33)(H,34,35). The van der Waals surface area contributed by atoms with Crippen LogP contribution in [0.15, 0.2) is 30.5 Å². The molecular formula is C21H28N6O8. The molecule has 35 heavy (non-hydrogen) atoms. The minimum absolute atomic E-state index is 0.0565. The third kappa shape index (κ3) is 7.49. The Kier molecular flexibility index (Phi) is 9.69. The Morgan fingerprint density at radius 3 is 2.09 bits per heavy atom. The molecule has 0 bridgehead atoms. The summed E-state index contributed by atoms with van der Waals surface area (Å²) in [5.74, 6) is -5.32. The fourth-order valence-electron chi connectivity index (χ4n) is 3.23. The Hall–Kier alpha value is -4.01. The average molecular weight is 492 g/mol. The zero-order chi connectivity index (χ0) is 26.1.